The first-order valence-corrected chi connectivity index (χ1v) is 11.9. The highest BCUT2D eigenvalue weighted by atomic mass is 15.4. The van der Waals surface area contributed by atoms with E-state index in [2.05, 4.69) is 76.4 Å². The molecule has 3 N–H and O–H groups in total. The summed E-state index contributed by atoms with van der Waals surface area (Å²) in [6, 6.07) is 12.6. The fourth-order valence-electron chi connectivity index (χ4n) is 5.67. The van der Waals surface area contributed by atoms with Gasteiger partial charge in [0.05, 0.1) is 0 Å². The van der Waals surface area contributed by atoms with Crippen molar-refractivity contribution in [3.63, 3.8) is 0 Å². The topological polar surface area (TPSA) is 88.1 Å². The van der Waals surface area contributed by atoms with Crippen molar-refractivity contribution < 1.29 is 0 Å². The first-order chi connectivity index (χ1) is 15.9. The van der Waals surface area contributed by atoms with Crippen LogP contribution in [0.2, 0.25) is 0 Å². The summed E-state index contributed by atoms with van der Waals surface area (Å²) in [5, 5.41) is 7.90. The Hall–Kier alpha value is -3.13. The van der Waals surface area contributed by atoms with E-state index >= 15 is 0 Å². The summed E-state index contributed by atoms with van der Waals surface area (Å²) in [5.74, 6) is 2.84. The molecule has 3 heterocycles. The molecule has 2 fully saturated rings. The van der Waals surface area contributed by atoms with E-state index in [1.807, 2.05) is 6.07 Å². The molecule has 0 radical (unpaired) electrons. The van der Waals surface area contributed by atoms with E-state index in [1.165, 1.54) is 23.4 Å². The van der Waals surface area contributed by atoms with Crippen molar-refractivity contribution in [2.24, 2.45) is 11.3 Å². The summed E-state index contributed by atoms with van der Waals surface area (Å²) in [5.41, 5.74) is 11.3. The van der Waals surface area contributed by atoms with Crippen molar-refractivity contribution in [3.8, 4) is 5.82 Å². The molecule has 1 aromatic carbocycles. The van der Waals surface area contributed by atoms with Crippen molar-refractivity contribution in [1.82, 2.24) is 24.6 Å². The Balaban J connectivity index is 1.20. The van der Waals surface area contributed by atoms with Gasteiger partial charge in [0.1, 0.15) is 0 Å². The number of anilines is 4. The number of likely N-dealkylation sites (N-methyl/N-ethyl adjacent to an activating group) is 1. The number of nitrogens with one attached hydrogen (secondary N) is 1. The molecule has 0 unspecified atom stereocenters. The van der Waals surface area contributed by atoms with E-state index in [4.69, 9.17) is 10.7 Å². The number of hydrogen-bond acceptors (Lipinski definition) is 7. The van der Waals surface area contributed by atoms with E-state index in [1.54, 1.807) is 4.68 Å². The molecule has 1 saturated carbocycles. The number of pyridine rings is 1. The van der Waals surface area contributed by atoms with Crippen LogP contribution in [0.15, 0.2) is 36.4 Å². The second-order valence-electron chi connectivity index (χ2n) is 10.4. The molecule has 8 nitrogen and oxygen atoms in total. The lowest BCUT2D eigenvalue weighted by Gasteiger charge is -2.56. The number of hydrogen-bond donors (Lipinski definition) is 2. The summed E-state index contributed by atoms with van der Waals surface area (Å²) in [7, 11) is 2.17. The van der Waals surface area contributed by atoms with E-state index in [-0.39, 0.29) is 0 Å². The molecule has 2 atom stereocenters. The Bertz CT molecular complexity index is 1170. The monoisotopic (exact) mass is 444 g/mol. The standard InChI is InChI=1S/C25H32N8/c1-25(2)17-14-16-4-9-21(28-22(16)20(25)15-17)33-23(26)29-24(30-33)27-18-5-7-19(8-6-18)32-12-10-31(3)11-13-32/h4-9,17,20H,10-15H2,1-3H3,(H3,26,27,29,30)/t17-,20+/m0/s1. The minimum absolute atomic E-state index is 0.329. The number of benzene rings is 1. The molecule has 3 aromatic rings. The molecule has 2 bridgehead atoms. The van der Waals surface area contributed by atoms with Gasteiger partial charge in [-0.05, 0) is 67.1 Å². The van der Waals surface area contributed by atoms with Crippen molar-refractivity contribution in [1.29, 1.82) is 0 Å². The van der Waals surface area contributed by atoms with Crippen molar-refractivity contribution >= 4 is 23.3 Å². The van der Waals surface area contributed by atoms with Crippen LogP contribution in [0.25, 0.3) is 5.82 Å². The molecule has 172 valence electrons. The summed E-state index contributed by atoms with van der Waals surface area (Å²) in [4.78, 5) is 14.2. The second kappa shape index (κ2) is 7.45. The number of nitrogen functional groups attached to an aromatic ring is 1. The van der Waals surface area contributed by atoms with Crippen LogP contribution in [0.1, 0.15) is 37.4 Å². The normalized spacial score (nSPS) is 23.7. The molecule has 0 amide bonds. The maximum atomic E-state index is 6.23. The van der Waals surface area contributed by atoms with Gasteiger partial charge in [-0.15, -0.1) is 5.10 Å². The molecular weight excluding hydrogens is 412 g/mol. The first-order valence-electron chi connectivity index (χ1n) is 11.9. The van der Waals surface area contributed by atoms with E-state index in [0.29, 0.717) is 23.2 Å². The van der Waals surface area contributed by atoms with Crippen LogP contribution in [0.4, 0.5) is 23.3 Å². The molecule has 7 rings (SSSR count). The Morgan fingerprint density at radius 3 is 2.48 bits per heavy atom. The van der Waals surface area contributed by atoms with Crippen LogP contribution >= 0.6 is 0 Å². The Kier molecular flexibility index (Phi) is 4.62. The van der Waals surface area contributed by atoms with Gasteiger partial charge in [0, 0.05) is 49.2 Å². The molecule has 1 aliphatic heterocycles. The minimum Gasteiger partial charge on any atom is -0.369 e. The number of aromatic nitrogens is 4. The zero-order valence-corrected chi connectivity index (χ0v) is 19.6. The smallest absolute Gasteiger partial charge is 0.248 e. The number of nitrogens with two attached hydrogens (primary N) is 1. The average Bonchev–Trinajstić information content (AvgIpc) is 3.19. The highest BCUT2D eigenvalue weighted by Gasteiger charge is 2.53. The zero-order chi connectivity index (χ0) is 22.7. The van der Waals surface area contributed by atoms with Crippen LogP contribution < -0.4 is 16.0 Å². The maximum absolute atomic E-state index is 6.23. The van der Waals surface area contributed by atoms with E-state index < -0.39 is 0 Å². The summed E-state index contributed by atoms with van der Waals surface area (Å²) in [6.45, 7) is 9.02. The fourth-order valence-corrected chi connectivity index (χ4v) is 5.67. The van der Waals surface area contributed by atoms with Crippen LogP contribution in [-0.2, 0) is 6.42 Å². The third kappa shape index (κ3) is 3.44. The van der Waals surface area contributed by atoms with Gasteiger partial charge < -0.3 is 20.9 Å². The van der Waals surface area contributed by atoms with E-state index in [9.17, 15) is 0 Å². The minimum atomic E-state index is 0.329. The van der Waals surface area contributed by atoms with Crippen LogP contribution in [-0.4, -0.2) is 57.9 Å². The van der Waals surface area contributed by atoms with Crippen LogP contribution in [0.3, 0.4) is 0 Å². The number of rotatable bonds is 4. The molecule has 4 aliphatic rings. The summed E-state index contributed by atoms with van der Waals surface area (Å²) >= 11 is 0. The zero-order valence-electron chi connectivity index (χ0n) is 19.6. The first kappa shape index (κ1) is 20.5. The Morgan fingerprint density at radius 1 is 1.00 bits per heavy atom. The lowest BCUT2D eigenvalue weighted by Crippen LogP contribution is -2.48. The fraction of sp³-hybridized carbons (Fsp3) is 0.480. The van der Waals surface area contributed by atoms with Gasteiger partial charge in [-0.2, -0.15) is 9.67 Å². The van der Waals surface area contributed by atoms with Gasteiger partial charge in [-0.25, -0.2) is 4.98 Å². The van der Waals surface area contributed by atoms with Gasteiger partial charge >= 0.3 is 0 Å². The van der Waals surface area contributed by atoms with Gasteiger partial charge in [-0.3, -0.25) is 0 Å². The quantitative estimate of drug-likeness (QED) is 0.637. The lowest BCUT2D eigenvalue weighted by molar-refractivity contribution is 0.0155. The lowest BCUT2D eigenvalue weighted by atomic mass is 9.48. The second-order valence-corrected chi connectivity index (χ2v) is 10.4. The molecule has 33 heavy (non-hydrogen) atoms. The number of piperazine rings is 1. The highest BCUT2D eigenvalue weighted by molar-refractivity contribution is 5.60. The summed E-state index contributed by atoms with van der Waals surface area (Å²) < 4.78 is 1.64. The molecule has 8 heteroatoms. The van der Waals surface area contributed by atoms with Crippen molar-refractivity contribution in [2.45, 2.75) is 32.6 Å². The van der Waals surface area contributed by atoms with Crippen molar-refractivity contribution in [2.75, 3.05) is 49.2 Å². The van der Waals surface area contributed by atoms with Gasteiger partial charge in [0.25, 0.3) is 0 Å². The molecule has 0 spiro atoms. The van der Waals surface area contributed by atoms with Crippen LogP contribution in [0.5, 0.6) is 0 Å². The molecule has 2 aromatic heterocycles. The van der Waals surface area contributed by atoms with Crippen LogP contribution in [0, 0.1) is 11.3 Å². The highest BCUT2D eigenvalue weighted by Crippen LogP contribution is 2.61. The largest absolute Gasteiger partial charge is 0.369 e. The summed E-state index contributed by atoms with van der Waals surface area (Å²) in [6.07, 6.45) is 2.36. The Labute approximate surface area is 194 Å². The predicted octanol–water partition coefficient (Wildman–Crippen LogP) is 3.43. The van der Waals surface area contributed by atoms with Gasteiger partial charge in [-0.1, -0.05) is 19.9 Å². The van der Waals surface area contributed by atoms with Gasteiger partial charge in [0.15, 0.2) is 5.82 Å². The SMILES string of the molecule is CN1CCN(c2ccc(Nc3nc(N)n(-c4ccc5c(n4)[C@H]4C[C@H](C5)C4(C)C)n3)cc2)CC1. The Morgan fingerprint density at radius 2 is 1.76 bits per heavy atom. The molecule has 3 aliphatic carbocycles. The number of nitrogens with zero attached hydrogens (tertiary/aromatic N) is 6. The van der Waals surface area contributed by atoms with Crippen molar-refractivity contribution in [3.05, 3.63) is 47.7 Å². The maximum Gasteiger partial charge on any atom is 0.248 e. The van der Waals surface area contributed by atoms with E-state index in [0.717, 1.165) is 50.0 Å². The third-order valence-corrected chi connectivity index (χ3v) is 8.11. The molecule has 1 saturated heterocycles. The predicted molar refractivity (Wildman–Crippen MR) is 131 cm³/mol. The average molecular weight is 445 g/mol. The third-order valence-electron chi connectivity index (χ3n) is 8.11. The van der Waals surface area contributed by atoms with Gasteiger partial charge in [0.2, 0.25) is 11.9 Å². The molecular formula is C25H32N8.